The highest BCUT2D eigenvalue weighted by Crippen LogP contribution is 2.52. The molecule has 5 nitrogen and oxygen atoms in total. The maximum Gasteiger partial charge on any atom is 0.252 e. The van der Waals surface area contributed by atoms with E-state index >= 15 is 0 Å². The molecule has 0 radical (unpaired) electrons. The Morgan fingerprint density at radius 3 is 1.53 bits per heavy atom. The van der Waals surface area contributed by atoms with E-state index in [9.17, 15) is 0 Å². The van der Waals surface area contributed by atoms with Crippen molar-refractivity contribution >= 4 is 79.0 Å². The Morgan fingerprint density at radius 1 is 0.329 bits per heavy atom. The van der Waals surface area contributed by atoms with Crippen molar-refractivity contribution in [3.8, 4) is 73.0 Å². The Hall–Kier alpha value is -10.8. The van der Waals surface area contributed by atoms with E-state index in [0.717, 1.165) is 72.9 Å². The molecule has 398 valence electrons. The summed E-state index contributed by atoms with van der Waals surface area (Å²) in [6.07, 6.45) is 0. The normalized spacial score (nSPS) is 13.3. The number of hydrogen-bond donors (Lipinski definition) is 0. The number of para-hydroxylation sites is 5. The predicted octanol–water partition coefficient (Wildman–Crippen LogP) is 18.3. The van der Waals surface area contributed by atoms with Gasteiger partial charge in [0.2, 0.25) is 0 Å². The van der Waals surface area contributed by atoms with Crippen LogP contribution in [0.2, 0.25) is 0 Å². The summed E-state index contributed by atoms with van der Waals surface area (Å²) in [4.78, 5) is 15.7. The Labute approximate surface area is 495 Å². The van der Waals surface area contributed by atoms with Crippen molar-refractivity contribution in [1.29, 1.82) is 0 Å². The highest BCUT2D eigenvalue weighted by Gasteiger charge is 2.44. The zero-order valence-electron chi connectivity index (χ0n) is 47.0. The summed E-state index contributed by atoms with van der Waals surface area (Å²) in [5, 5.41) is 2.45. The van der Waals surface area contributed by atoms with E-state index in [1.54, 1.807) is 0 Å². The molecule has 0 saturated heterocycles. The topological polar surface area (TPSA) is 37.2 Å². The zero-order valence-corrected chi connectivity index (χ0v) is 47.0. The SMILES string of the molecule is CC1(C)c2ccccc2-c2cc3c4ccccc4n(-c4ccc(-c5nc(-c6ccccc6)cc(-c6ccccc6)n5)cc4-c4ccc(-c5ccc6c7c5N(c5ccccc5)c5ccccc5B7c5ccccc5N6c5ccccc5)cc4)c3cc21. The van der Waals surface area contributed by atoms with Gasteiger partial charge in [0.1, 0.15) is 0 Å². The number of benzene rings is 12. The molecule has 2 aliphatic heterocycles. The third-order valence-corrected chi connectivity index (χ3v) is 18.2. The van der Waals surface area contributed by atoms with Crippen LogP contribution in [0.5, 0.6) is 0 Å². The quantitative estimate of drug-likeness (QED) is 0.142. The largest absolute Gasteiger partial charge is 0.311 e. The van der Waals surface area contributed by atoms with Crippen molar-refractivity contribution in [3.05, 3.63) is 302 Å². The van der Waals surface area contributed by atoms with Crippen molar-refractivity contribution in [2.45, 2.75) is 19.3 Å². The first-order chi connectivity index (χ1) is 41.9. The van der Waals surface area contributed by atoms with Crippen molar-refractivity contribution in [3.63, 3.8) is 0 Å². The van der Waals surface area contributed by atoms with Gasteiger partial charge in [-0.2, -0.15) is 0 Å². The number of rotatable bonds is 8. The molecule has 6 heteroatoms. The molecule has 0 N–H and O–H groups in total. The molecule has 2 aromatic heterocycles. The smallest absolute Gasteiger partial charge is 0.252 e. The van der Waals surface area contributed by atoms with E-state index in [-0.39, 0.29) is 12.1 Å². The Kier molecular flexibility index (Phi) is 11.0. The van der Waals surface area contributed by atoms with Crippen molar-refractivity contribution in [2.75, 3.05) is 9.80 Å². The van der Waals surface area contributed by atoms with E-state index in [1.165, 1.54) is 77.7 Å². The van der Waals surface area contributed by atoms with Crippen molar-refractivity contribution < 1.29 is 0 Å². The van der Waals surface area contributed by atoms with Crippen LogP contribution >= 0.6 is 0 Å². The Balaban J connectivity index is 0.896. The standard InChI is InChI=1S/C79H54BN5/c1-79(2)64-33-17-15-31-59(64)62-48-63-60-32-16-20-36-70(60)85(75(63)49-65(62)79)71-45-43-55(78-81-68(53-23-7-3-8-24-53)50-69(82-78)54-25-9-4-10-26-54)47-61(71)52-41-39-51(40-42-52)58-44-46-74-76-77(58)84(57-29-13-6-14-30-57)73-38-22-19-35-67(73)80(76)66-34-18-21-37-72(66)83(74)56-27-11-5-12-28-56/h3-50H,1-2H3. The van der Waals surface area contributed by atoms with E-state index in [2.05, 4.69) is 319 Å². The summed E-state index contributed by atoms with van der Waals surface area (Å²) in [5.41, 5.74) is 28.6. The molecule has 3 aliphatic rings. The molecule has 0 fully saturated rings. The van der Waals surface area contributed by atoms with Crippen LogP contribution in [-0.2, 0) is 5.41 Å². The fourth-order valence-corrected chi connectivity index (χ4v) is 14.3. The number of hydrogen-bond acceptors (Lipinski definition) is 4. The molecule has 12 aromatic carbocycles. The third-order valence-electron chi connectivity index (χ3n) is 18.2. The minimum atomic E-state index is -0.182. The molecule has 1 aliphatic carbocycles. The fraction of sp³-hybridized carbons (Fsp3) is 0.0380. The van der Waals surface area contributed by atoms with E-state index in [1.807, 2.05) is 0 Å². The van der Waals surface area contributed by atoms with Gasteiger partial charge in [-0.1, -0.05) is 220 Å². The second kappa shape index (κ2) is 19.1. The number of fused-ring (bicyclic) bond motifs is 10. The van der Waals surface area contributed by atoms with Gasteiger partial charge in [-0.15, -0.1) is 0 Å². The molecule has 0 spiro atoms. The van der Waals surface area contributed by atoms with Crippen LogP contribution in [0.3, 0.4) is 0 Å². The average molecular weight is 1080 g/mol. The molecule has 0 saturated carbocycles. The summed E-state index contributed by atoms with van der Waals surface area (Å²) in [5.74, 6) is 0.666. The predicted molar refractivity (Wildman–Crippen MR) is 355 cm³/mol. The monoisotopic (exact) mass is 1080 g/mol. The summed E-state index contributed by atoms with van der Waals surface area (Å²) in [7, 11) is 0. The van der Waals surface area contributed by atoms with Crippen LogP contribution in [0.15, 0.2) is 291 Å². The fourth-order valence-electron chi connectivity index (χ4n) is 14.3. The number of nitrogens with zero attached hydrogens (tertiary/aromatic N) is 5. The van der Waals surface area contributed by atoms with Crippen LogP contribution in [-0.4, -0.2) is 21.2 Å². The molecule has 0 unspecified atom stereocenters. The summed E-state index contributed by atoms with van der Waals surface area (Å²) in [6.45, 7) is 4.75. The highest BCUT2D eigenvalue weighted by molar-refractivity contribution is 7.00. The number of aromatic nitrogens is 3. The number of anilines is 6. The Bertz CT molecular complexity index is 4910. The van der Waals surface area contributed by atoms with Gasteiger partial charge in [-0.25, -0.2) is 9.97 Å². The first-order valence-electron chi connectivity index (χ1n) is 29.4. The molecule has 0 atom stereocenters. The highest BCUT2D eigenvalue weighted by atomic mass is 15.2. The molecular formula is C79H54BN5. The van der Waals surface area contributed by atoms with Gasteiger partial charge in [0, 0.05) is 72.4 Å². The molecule has 17 rings (SSSR count). The third kappa shape index (κ3) is 7.58. The molecular weight excluding hydrogens is 1030 g/mol. The van der Waals surface area contributed by atoms with E-state index in [4.69, 9.17) is 9.97 Å². The lowest BCUT2D eigenvalue weighted by Crippen LogP contribution is -2.61. The lowest BCUT2D eigenvalue weighted by Gasteiger charge is -2.45. The molecule has 0 bridgehead atoms. The van der Waals surface area contributed by atoms with Crippen LogP contribution in [0.1, 0.15) is 25.0 Å². The molecule has 0 amide bonds. The van der Waals surface area contributed by atoms with Crippen molar-refractivity contribution in [2.24, 2.45) is 0 Å². The van der Waals surface area contributed by atoms with Gasteiger partial charge >= 0.3 is 0 Å². The van der Waals surface area contributed by atoms with E-state index in [0.29, 0.717) is 5.82 Å². The first kappa shape index (κ1) is 48.9. The van der Waals surface area contributed by atoms with E-state index < -0.39 is 0 Å². The maximum atomic E-state index is 5.38. The molecule has 85 heavy (non-hydrogen) atoms. The zero-order chi connectivity index (χ0) is 56.3. The van der Waals surface area contributed by atoms with Gasteiger partial charge < -0.3 is 14.4 Å². The summed E-state index contributed by atoms with van der Waals surface area (Å²) in [6, 6.07) is 107. The van der Waals surface area contributed by atoms with Crippen LogP contribution in [0.25, 0.3) is 94.8 Å². The van der Waals surface area contributed by atoms with Crippen LogP contribution < -0.4 is 26.2 Å². The van der Waals surface area contributed by atoms with Gasteiger partial charge in [0.15, 0.2) is 5.82 Å². The maximum absolute atomic E-state index is 5.38. The average Bonchev–Trinajstić information content (AvgIpc) is 1.52. The molecule has 4 heterocycles. The minimum absolute atomic E-state index is 0.000877. The van der Waals surface area contributed by atoms with Gasteiger partial charge in [0.25, 0.3) is 6.71 Å². The minimum Gasteiger partial charge on any atom is -0.311 e. The van der Waals surface area contributed by atoms with Crippen LogP contribution in [0.4, 0.5) is 34.1 Å². The first-order valence-corrected chi connectivity index (χ1v) is 29.4. The second-order valence-corrected chi connectivity index (χ2v) is 23.2. The Morgan fingerprint density at radius 2 is 0.859 bits per heavy atom. The van der Waals surface area contributed by atoms with Gasteiger partial charge in [0.05, 0.1) is 33.8 Å². The second-order valence-electron chi connectivity index (χ2n) is 23.2. The van der Waals surface area contributed by atoms with Crippen molar-refractivity contribution in [1.82, 2.24) is 14.5 Å². The van der Waals surface area contributed by atoms with Gasteiger partial charge in [-0.3, -0.25) is 0 Å². The summed E-state index contributed by atoms with van der Waals surface area (Å²) < 4.78 is 2.51. The lowest BCUT2D eigenvalue weighted by atomic mass is 9.33. The molecule has 14 aromatic rings. The lowest BCUT2D eigenvalue weighted by molar-refractivity contribution is 0.661. The van der Waals surface area contributed by atoms with Crippen LogP contribution in [0, 0.1) is 0 Å². The van der Waals surface area contributed by atoms with Gasteiger partial charge in [-0.05, 0) is 135 Å². The summed E-state index contributed by atoms with van der Waals surface area (Å²) >= 11 is 0.